The molecule has 1 aliphatic heterocycles. The van der Waals surface area contributed by atoms with Gasteiger partial charge in [0.15, 0.2) is 0 Å². The summed E-state index contributed by atoms with van der Waals surface area (Å²) >= 11 is 0. The first-order valence-corrected chi connectivity index (χ1v) is 7.60. The zero-order valence-corrected chi connectivity index (χ0v) is 12.7. The molecule has 2 nitrogen and oxygen atoms in total. The molecule has 0 spiro atoms. The fraction of sp³-hybridized carbons (Fsp3) is 0.647. The lowest BCUT2D eigenvalue weighted by Gasteiger charge is -2.42. The zero-order valence-electron chi connectivity index (χ0n) is 12.7. The van der Waals surface area contributed by atoms with Crippen LogP contribution in [-0.4, -0.2) is 36.6 Å². The summed E-state index contributed by atoms with van der Waals surface area (Å²) in [6, 6.07) is 11.5. The zero-order chi connectivity index (χ0) is 13.7. The average Bonchev–Trinajstić information content (AvgIpc) is 2.47. The predicted molar refractivity (Wildman–Crippen MR) is 82.5 cm³/mol. The maximum Gasteiger partial charge on any atom is 0.0174 e. The molecule has 19 heavy (non-hydrogen) atoms. The summed E-state index contributed by atoms with van der Waals surface area (Å²) in [4.78, 5) is 2.65. The lowest BCUT2D eigenvalue weighted by molar-refractivity contribution is 0.113. The molecule has 0 radical (unpaired) electrons. The van der Waals surface area contributed by atoms with Crippen LogP contribution in [0.15, 0.2) is 30.3 Å². The van der Waals surface area contributed by atoms with Gasteiger partial charge in [0.2, 0.25) is 0 Å². The van der Waals surface area contributed by atoms with Gasteiger partial charge in [-0.1, -0.05) is 30.3 Å². The number of piperidine rings is 1. The highest BCUT2D eigenvalue weighted by Crippen LogP contribution is 2.23. The molecular weight excluding hydrogens is 232 g/mol. The van der Waals surface area contributed by atoms with Gasteiger partial charge in [-0.25, -0.2) is 0 Å². The lowest BCUT2D eigenvalue weighted by atomic mass is 9.89. The van der Waals surface area contributed by atoms with Gasteiger partial charge in [-0.2, -0.15) is 0 Å². The largest absolute Gasteiger partial charge is 0.314 e. The summed E-state index contributed by atoms with van der Waals surface area (Å²) in [6.45, 7) is 7.19. The molecular formula is C17H28N2. The van der Waals surface area contributed by atoms with Gasteiger partial charge in [0.1, 0.15) is 0 Å². The molecule has 1 N–H and O–H groups in total. The van der Waals surface area contributed by atoms with E-state index in [0.29, 0.717) is 11.6 Å². The molecule has 1 atom stereocenters. The molecule has 1 heterocycles. The van der Waals surface area contributed by atoms with E-state index in [1.807, 2.05) is 0 Å². The molecule has 0 aromatic heterocycles. The minimum Gasteiger partial charge on any atom is -0.314 e. The number of nitrogens with zero attached hydrogens (tertiary/aromatic N) is 1. The molecule has 1 saturated heterocycles. The maximum atomic E-state index is 3.47. The summed E-state index contributed by atoms with van der Waals surface area (Å²) in [6.07, 6.45) is 4.99. The van der Waals surface area contributed by atoms with E-state index in [1.165, 1.54) is 44.3 Å². The summed E-state index contributed by atoms with van der Waals surface area (Å²) in [5.74, 6) is 0. The van der Waals surface area contributed by atoms with Crippen LogP contribution in [0, 0.1) is 0 Å². The van der Waals surface area contributed by atoms with Crippen LogP contribution in [0.3, 0.4) is 0 Å². The Bertz CT molecular complexity index is 366. The van der Waals surface area contributed by atoms with Crippen LogP contribution in [0.2, 0.25) is 0 Å². The monoisotopic (exact) mass is 260 g/mol. The lowest BCUT2D eigenvalue weighted by Crippen LogP contribution is -2.52. The van der Waals surface area contributed by atoms with E-state index < -0.39 is 0 Å². The van der Waals surface area contributed by atoms with Gasteiger partial charge in [0, 0.05) is 24.7 Å². The number of nitrogens with one attached hydrogen (secondary N) is 1. The third-order valence-corrected chi connectivity index (χ3v) is 4.82. The second-order valence-electron chi connectivity index (χ2n) is 6.22. The maximum absolute atomic E-state index is 3.47. The van der Waals surface area contributed by atoms with E-state index >= 15 is 0 Å². The van der Waals surface area contributed by atoms with Crippen molar-refractivity contribution < 1.29 is 0 Å². The smallest absolute Gasteiger partial charge is 0.0174 e. The van der Waals surface area contributed by atoms with Crippen LogP contribution in [0.25, 0.3) is 0 Å². The molecule has 106 valence electrons. The van der Waals surface area contributed by atoms with Crippen molar-refractivity contribution in [2.45, 2.75) is 51.1 Å². The Balaban J connectivity index is 1.77. The van der Waals surface area contributed by atoms with Crippen molar-refractivity contribution in [1.29, 1.82) is 0 Å². The second-order valence-corrected chi connectivity index (χ2v) is 6.22. The molecule has 2 heteroatoms. The molecule has 1 unspecified atom stereocenters. The summed E-state index contributed by atoms with van der Waals surface area (Å²) in [5.41, 5.74) is 1.82. The first kappa shape index (κ1) is 14.5. The average molecular weight is 260 g/mol. The first-order chi connectivity index (χ1) is 9.13. The topological polar surface area (TPSA) is 15.3 Å². The fourth-order valence-corrected chi connectivity index (χ4v) is 2.91. The molecule has 0 saturated carbocycles. The quantitative estimate of drug-likeness (QED) is 0.875. The molecule has 1 aromatic rings. The third kappa shape index (κ3) is 4.05. The Morgan fingerprint density at radius 1 is 1.21 bits per heavy atom. The van der Waals surface area contributed by atoms with E-state index in [2.05, 4.69) is 61.4 Å². The van der Waals surface area contributed by atoms with Crippen molar-refractivity contribution in [3.63, 3.8) is 0 Å². The predicted octanol–water partition coefficient (Wildman–Crippen LogP) is 3.08. The molecule has 1 fully saturated rings. The highest BCUT2D eigenvalue weighted by molar-refractivity contribution is 5.14. The Labute approximate surface area is 118 Å². The Morgan fingerprint density at radius 3 is 2.42 bits per heavy atom. The molecule has 1 aliphatic rings. The van der Waals surface area contributed by atoms with E-state index in [4.69, 9.17) is 0 Å². The van der Waals surface area contributed by atoms with Crippen LogP contribution < -0.4 is 5.32 Å². The number of benzene rings is 1. The van der Waals surface area contributed by atoms with Crippen molar-refractivity contribution >= 4 is 0 Å². The molecule has 1 aromatic carbocycles. The number of likely N-dealkylation sites (tertiary alicyclic amines) is 1. The van der Waals surface area contributed by atoms with Crippen LogP contribution in [0.4, 0.5) is 0 Å². The summed E-state index contributed by atoms with van der Waals surface area (Å²) in [7, 11) is 2.09. The van der Waals surface area contributed by atoms with Gasteiger partial charge in [-0.15, -0.1) is 0 Å². The fourth-order valence-electron chi connectivity index (χ4n) is 2.91. The van der Waals surface area contributed by atoms with Crippen molar-refractivity contribution in [2.75, 3.05) is 20.1 Å². The second kappa shape index (κ2) is 6.53. The number of rotatable bonds is 5. The number of aryl methyl sites for hydroxylation is 1. The molecule has 2 rings (SSSR count). The molecule has 0 amide bonds. The van der Waals surface area contributed by atoms with Crippen LogP contribution >= 0.6 is 0 Å². The highest BCUT2D eigenvalue weighted by atomic mass is 15.2. The molecule has 0 aliphatic carbocycles. The molecule has 0 bridgehead atoms. The summed E-state index contributed by atoms with van der Waals surface area (Å²) in [5, 5.41) is 3.47. The van der Waals surface area contributed by atoms with Crippen LogP contribution in [-0.2, 0) is 6.42 Å². The minimum atomic E-state index is 0.357. The van der Waals surface area contributed by atoms with Gasteiger partial charge >= 0.3 is 0 Å². The van der Waals surface area contributed by atoms with E-state index in [-0.39, 0.29) is 0 Å². The minimum absolute atomic E-state index is 0.357. The van der Waals surface area contributed by atoms with Crippen molar-refractivity contribution in [3.05, 3.63) is 35.9 Å². The summed E-state index contributed by atoms with van der Waals surface area (Å²) < 4.78 is 0. The SMILES string of the molecule is CNC1(C)CCN(C(C)CCc2ccccc2)CC1. The Kier molecular flexibility index (Phi) is 5.00. The van der Waals surface area contributed by atoms with E-state index in [9.17, 15) is 0 Å². The number of hydrogen-bond acceptors (Lipinski definition) is 2. The Hall–Kier alpha value is -0.860. The van der Waals surface area contributed by atoms with Crippen LogP contribution in [0.5, 0.6) is 0 Å². The highest BCUT2D eigenvalue weighted by Gasteiger charge is 2.29. The van der Waals surface area contributed by atoms with Gasteiger partial charge in [0.25, 0.3) is 0 Å². The van der Waals surface area contributed by atoms with Gasteiger partial charge in [0.05, 0.1) is 0 Å². The third-order valence-electron chi connectivity index (χ3n) is 4.82. The first-order valence-electron chi connectivity index (χ1n) is 7.60. The number of hydrogen-bond donors (Lipinski definition) is 1. The van der Waals surface area contributed by atoms with Crippen molar-refractivity contribution in [3.8, 4) is 0 Å². The van der Waals surface area contributed by atoms with Gasteiger partial charge in [-0.3, -0.25) is 0 Å². The van der Waals surface area contributed by atoms with E-state index in [0.717, 1.165) is 0 Å². The standard InChI is InChI=1S/C17H28N2/c1-15(9-10-16-7-5-4-6-8-16)19-13-11-17(2,18-3)12-14-19/h4-8,15,18H,9-14H2,1-3H3. The van der Waals surface area contributed by atoms with Gasteiger partial charge < -0.3 is 10.2 Å². The van der Waals surface area contributed by atoms with Crippen molar-refractivity contribution in [2.24, 2.45) is 0 Å². The normalized spacial score (nSPS) is 21.2. The van der Waals surface area contributed by atoms with Crippen LogP contribution in [0.1, 0.15) is 38.7 Å². The Morgan fingerprint density at radius 2 is 1.84 bits per heavy atom. The van der Waals surface area contributed by atoms with Gasteiger partial charge in [-0.05, 0) is 52.1 Å². The van der Waals surface area contributed by atoms with Crippen molar-refractivity contribution in [1.82, 2.24) is 10.2 Å². The van der Waals surface area contributed by atoms with E-state index in [1.54, 1.807) is 0 Å².